The molecular weight excluding hydrogens is 568 g/mol. The van der Waals surface area contributed by atoms with Crippen molar-refractivity contribution in [3.05, 3.63) is 24.3 Å². The van der Waals surface area contributed by atoms with E-state index in [1.165, 1.54) is 89.9 Å². The molecule has 0 heterocycles. The third-order valence-corrected chi connectivity index (χ3v) is 8.08. The molecule has 3 N–H and O–H groups in total. The van der Waals surface area contributed by atoms with Crippen LogP contribution in [0.25, 0.3) is 0 Å². The molecule has 0 spiro atoms. The number of aliphatic hydroxyl groups is 3. The van der Waals surface area contributed by atoms with E-state index in [2.05, 4.69) is 38.2 Å². The molecule has 0 saturated carbocycles. The standard InChI is InChI=1S/C38H70O7/c1-3-5-7-9-11-13-15-17-19-21-23-25-27-29-31-33-35(39)44-37(38(41,42)43)45-36(40)34-32-30-28-26-24-22-20-18-16-14-12-10-8-6-4-2/h17-20,37,41-43H,3-16,21-34H2,1-2H3/b19-17-,20-18-. The number of hydrogen-bond donors (Lipinski definition) is 3. The number of esters is 2. The number of carbonyl (C=O) groups excluding carboxylic acids is 2. The average Bonchev–Trinajstić information content (AvgIpc) is 3.00. The van der Waals surface area contributed by atoms with Gasteiger partial charge in [-0.05, 0) is 64.2 Å². The van der Waals surface area contributed by atoms with Crippen LogP contribution >= 0.6 is 0 Å². The molecule has 0 aliphatic heterocycles. The van der Waals surface area contributed by atoms with E-state index in [4.69, 9.17) is 9.47 Å². The maximum Gasteiger partial charge on any atom is 0.354 e. The summed E-state index contributed by atoms with van der Waals surface area (Å²) in [6, 6.07) is 0. The molecule has 7 heteroatoms. The second kappa shape index (κ2) is 32.2. The van der Waals surface area contributed by atoms with Crippen LogP contribution in [0.15, 0.2) is 24.3 Å². The smallest absolute Gasteiger partial charge is 0.354 e. The highest BCUT2D eigenvalue weighted by atomic mass is 16.8. The Bertz CT molecular complexity index is 672. The lowest BCUT2D eigenvalue weighted by molar-refractivity contribution is -0.397. The summed E-state index contributed by atoms with van der Waals surface area (Å²) in [6.45, 7) is 4.48. The number of carbonyl (C=O) groups is 2. The van der Waals surface area contributed by atoms with Gasteiger partial charge in [-0.2, -0.15) is 0 Å². The van der Waals surface area contributed by atoms with Gasteiger partial charge in [-0.3, -0.25) is 9.59 Å². The molecule has 45 heavy (non-hydrogen) atoms. The van der Waals surface area contributed by atoms with Gasteiger partial charge in [-0.15, -0.1) is 0 Å². The fourth-order valence-corrected chi connectivity index (χ4v) is 5.22. The lowest BCUT2D eigenvalue weighted by atomic mass is 10.1. The van der Waals surface area contributed by atoms with E-state index in [1.807, 2.05) is 0 Å². The van der Waals surface area contributed by atoms with Gasteiger partial charge in [0, 0.05) is 12.8 Å². The largest absolute Gasteiger partial charge is 0.417 e. The molecular formula is C38H70O7. The zero-order valence-corrected chi connectivity index (χ0v) is 29.2. The Hall–Kier alpha value is -1.70. The van der Waals surface area contributed by atoms with E-state index in [-0.39, 0.29) is 12.8 Å². The molecule has 0 atom stereocenters. The van der Waals surface area contributed by atoms with Crippen LogP contribution in [0.1, 0.15) is 194 Å². The molecule has 7 nitrogen and oxygen atoms in total. The Kier molecular flexibility index (Phi) is 31.0. The minimum atomic E-state index is -3.45. The minimum Gasteiger partial charge on any atom is -0.417 e. The molecule has 0 unspecified atom stereocenters. The normalized spacial score (nSPS) is 12.1. The molecule has 0 amide bonds. The first kappa shape index (κ1) is 43.3. The van der Waals surface area contributed by atoms with Crippen molar-refractivity contribution in [1.82, 2.24) is 0 Å². The van der Waals surface area contributed by atoms with Crippen molar-refractivity contribution in [1.29, 1.82) is 0 Å². The summed E-state index contributed by atoms with van der Waals surface area (Å²) in [7, 11) is 0. The van der Waals surface area contributed by atoms with Crippen molar-refractivity contribution in [3.8, 4) is 0 Å². The summed E-state index contributed by atoms with van der Waals surface area (Å²) in [5.74, 6) is -4.93. The molecule has 0 saturated heterocycles. The minimum absolute atomic E-state index is 0.0521. The molecule has 0 rings (SSSR count). The molecule has 0 aromatic rings. The van der Waals surface area contributed by atoms with Crippen LogP contribution in [-0.4, -0.2) is 39.5 Å². The van der Waals surface area contributed by atoms with Gasteiger partial charge in [0.2, 0.25) is 0 Å². The Labute approximate surface area is 276 Å². The zero-order valence-electron chi connectivity index (χ0n) is 29.2. The number of hydrogen-bond acceptors (Lipinski definition) is 7. The third-order valence-electron chi connectivity index (χ3n) is 8.08. The highest BCUT2D eigenvalue weighted by molar-refractivity contribution is 5.71. The maximum atomic E-state index is 12.2. The van der Waals surface area contributed by atoms with Crippen LogP contribution in [-0.2, 0) is 19.1 Å². The second-order valence-electron chi connectivity index (χ2n) is 12.7. The van der Waals surface area contributed by atoms with Gasteiger partial charge in [0.05, 0.1) is 0 Å². The van der Waals surface area contributed by atoms with E-state index in [9.17, 15) is 24.9 Å². The van der Waals surface area contributed by atoms with Crippen LogP contribution in [0.2, 0.25) is 0 Å². The van der Waals surface area contributed by atoms with Crippen molar-refractivity contribution in [2.24, 2.45) is 0 Å². The monoisotopic (exact) mass is 639 g/mol. The summed E-state index contributed by atoms with van der Waals surface area (Å²) < 4.78 is 9.77. The Morgan fingerprint density at radius 1 is 0.467 bits per heavy atom. The van der Waals surface area contributed by atoms with E-state index >= 15 is 0 Å². The first-order valence-electron chi connectivity index (χ1n) is 18.7. The average molecular weight is 639 g/mol. The predicted octanol–water partition coefficient (Wildman–Crippen LogP) is 10.1. The number of rotatable bonds is 33. The van der Waals surface area contributed by atoms with Crippen molar-refractivity contribution in [3.63, 3.8) is 0 Å². The molecule has 264 valence electrons. The van der Waals surface area contributed by atoms with Crippen LogP contribution in [0.4, 0.5) is 0 Å². The van der Waals surface area contributed by atoms with E-state index < -0.39 is 24.2 Å². The van der Waals surface area contributed by atoms with Crippen molar-refractivity contribution < 1.29 is 34.4 Å². The van der Waals surface area contributed by atoms with Gasteiger partial charge >= 0.3 is 24.2 Å². The zero-order chi connectivity index (χ0) is 33.3. The van der Waals surface area contributed by atoms with E-state index in [0.29, 0.717) is 12.8 Å². The molecule has 0 aromatic heterocycles. The maximum absolute atomic E-state index is 12.2. The lowest BCUT2D eigenvalue weighted by Crippen LogP contribution is -2.47. The summed E-state index contributed by atoms with van der Waals surface area (Å²) in [4.78, 5) is 24.3. The van der Waals surface area contributed by atoms with Crippen LogP contribution in [0.5, 0.6) is 0 Å². The fraction of sp³-hybridized carbons (Fsp3) is 0.842. The Morgan fingerprint density at radius 2 is 0.733 bits per heavy atom. The summed E-state index contributed by atoms with van der Waals surface area (Å²) in [5.41, 5.74) is 0. The topological polar surface area (TPSA) is 113 Å². The van der Waals surface area contributed by atoms with Crippen LogP contribution in [0, 0.1) is 0 Å². The van der Waals surface area contributed by atoms with Crippen molar-refractivity contribution in [2.45, 2.75) is 206 Å². The van der Waals surface area contributed by atoms with Gasteiger partial charge in [0.25, 0.3) is 0 Å². The summed E-state index contributed by atoms with van der Waals surface area (Å²) in [5, 5.41) is 28.6. The fourth-order valence-electron chi connectivity index (χ4n) is 5.22. The SMILES string of the molecule is CCCCCCCC/C=C\CCCCCCCC(=O)OC(OC(=O)CCCCCCC/C=C\CCCCCCCC)C(O)(O)O. The number of ether oxygens (including phenoxy) is 2. The lowest BCUT2D eigenvalue weighted by Gasteiger charge is -2.25. The molecule has 0 bridgehead atoms. The molecule has 0 aromatic carbocycles. The van der Waals surface area contributed by atoms with E-state index in [0.717, 1.165) is 64.2 Å². The first-order chi connectivity index (χ1) is 21.8. The molecule has 0 aliphatic rings. The number of allylic oxidation sites excluding steroid dienone is 4. The van der Waals surface area contributed by atoms with Crippen LogP contribution in [0.3, 0.4) is 0 Å². The second-order valence-corrected chi connectivity index (χ2v) is 12.7. The third kappa shape index (κ3) is 32.0. The highest BCUT2D eigenvalue weighted by Gasteiger charge is 2.39. The summed E-state index contributed by atoms with van der Waals surface area (Å²) >= 11 is 0. The van der Waals surface area contributed by atoms with Crippen LogP contribution < -0.4 is 0 Å². The van der Waals surface area contributed by atoms with Gasteiger partial charge in [0.15, 0.2) is 0 Å². The predicted molar refractivity (Wildman–Crippen MR) is 184 cm³/mol. The van der Waals surface area contributed by atoms with Gasteiger partial charge in [-0.1, -0.05) is 141 Å². The molecule has 0 fully saturated rings. The van der Waals surface area contributed by atoms with E-state index in [1.54, 1.807) is 0 Å². The van der Waals surface area contributed by atoms with Gasteiger partial charge < -0.3 is 24.8 Å². The molecule has 0 aliphatic carbocycles. The highest BCUT2D eigenvalue weighted by Crippen LogP contribution is 2.16. The quantitative estimate of drug-likeness (QED) is 0.0284. The Balaban J connectivity index is 3.84. The van der Waals surface area contributed by atoms with Crippen molar-refractivity contribution >= 4 is 11.9 Å². The molecule has 0 radical (unpaired) electrons. The summed E-state index contributed by atoms with van der Waals surface area (Å²) in [6.07, 6.45) is 36.7. The van der Waals surface area contributed by atoms with Gasteiger partial charge in [0.1, 0.15) is 0 Å². The number of unbranched alkanes of at least 4 members (excludes halogenated alkanes) is 22. The van der Waals surface area contributed by atoms with Crippen molar-refractivity contribution in [2.75, 3.05) is 0 Å². The first-order valence-corrected chi connectivity index (χ1v) is 18.7. The van der Waals surface area contributed by atoms with Gasteiger partial charge in [-0.25, -0.2) is 0 Å². The Morgan fingerprint density at radius 3 is 1.02 bits per heavy atom.